The minimum atomic E-state index is -0.297. The summed E-state index contributed by atoms with van der Waals surface area (Å²) in [6.45, 7) is -0.0961. The van der Waals surface area contributed by atoms with Gasteiger partial charge in [0.05, 0.1) is 23.3 Å². The van der Waals surface area contributed by atoms with E-state index < -0.39 is 0 Å². The second-order valence-corrected chi connectivity index (χ2v) is 7.34. The molecule has 1 aliphatic carbocycles. The van der Waals surface area contributed by atoms with Gasteiger partial charge in [-0.1, -0.05) is 37.1 Å². The van der Waals surface area contributed by atoms with Crippen molar-refractivity contribution in [2.75, 3.05) is 0 Å². The lowest BCUT2D eigenvalue weighted by atomic mass is 9.91. The van der Waals surface area contributed by atoms with Crippen LogP contribution in [0.15, 0.2) is 59.7 Å². The predicted molar refractivity (Wildman–Crippen MR) is 105 cm³/mol. The fourth-order valence-electron chi connectivity index (χ4n) is 4.03. The summed E-state index contributed by atoms with van der Waals surface area (Å²) >= 11 is 0. The van der Waals surface area contributed by atoms with Crippen molar-refractivity contribution in [2.24, 2.45) is 5.92 Å². The number of benzene rings is 2. The monoisotopic (exact) mass is 379 g/mol. The van der Waals surface area contributed by atoms with E-state index in [0.717, 1.165) is 31.2 Å². The molecular formula is C22H22FN3O2. The Morgan fingerprint density at radius 1 is 1.14 bits per heavy atom. The second kappa shape index (κ2) is 7.92. The van der Waals surface area contributed by atoms with Crippen LogP contribution < -0.4 is 10.9 Å². The molecule has 28 heavy (non-hydrogen) atoms. The third-order valence-corrected chi connectivity index (χ3v) is 5.46. The number of aromatic nitrogens is 2. The summed E-state index contributed by atoms with van der Waals surface area (Å²) in [4.78, 5) is 29.6. The number of carbonyl (C=O) groups excluding carboxylic acids is 1. The molecule has 1 aromatic heterocycles. The standard InChI is InChI=1S/C22H22FN3O2/c23-17-11-9-16(10-12-17)21(15-5-1-2-6-15)25-20(27)13-26-14-24-19-8-4-3-7-18(19)22(26)28/h3-4,7-12,14-15,21H,1-2,5-6,13H2,(H,25,27)/t21-/m1/s1. The number of halogens is 1. The van der Waals surface area contributed by atoms with Gasteiger partial charge in [-0.15, -0.1) is 0 Å². The number of nitrogens with zero attached hydrogens (tertiary/aromatic N) is 2. The van der Waals surface area contributed by atoms with Crippen molar-refractivity contribution >= 4 is 16.8 Å². The van der Waals surface area contributed by atoms with Crippen LogP contribution in [0.2, 0.25) is 0 Å². The van der Waals surface area contributed by atoms with Crippen LogP contribution in [0, 0.1) is 11.7 Å². The van der Waals surface area contributed by atoms with Crippen LogP contribution in [-0.2, 0) is 11.3 Å². The zero-order valence-electron chi connectivity index (χ0n) is 15.5. The maximum absolute atomic E-state index is 13.3. The number of para-hydroxylation sites is 1. The zero-order chi connectivity index (χ0) is 19.5. The average Bonchev–Trinajstić information content (AvgIpc) is 3.24. The van der Waals surface area contributed by atoms with Crippen LogP contribution in [-0.4, -0.2) is 15.5 Å². The highest BCUT2D eigenvalue weighted by Gasteiger charge is 2.28. The number of amides is 1. The van der Waals surface area contributed by atoms with Gasteiger partial charge in [0.1, 0.15) is 12.4 Å². The van der Waals surface area contributed by atoms with Crippen molar-refractivity contribution in [1.29, 1.82) is 0 Å². The fourth-order valence-corrected chi connectivity index (χ4v) is 4.03. The van der Waals surface area contributed by atoms with E-state index in [1.54, 1.807) is 30.3 Å². The molecule has 0 aliphatic heterocycles. The van der Waals surface area contributed by atoms with E-state index in [9.17, 15) is 14.0 Å². The van der Waals surface area contributed by atoms with Crippen molar-refractivity contribution in [3.8, 4) is 0 Å². The summed E-state index contributed by atoms with van der Waals surface area (Å²) in [5.74, 6) is -0.227. The van der Waals surface area contributed by atoms with Crippen LogP contribution in [0.3, 0.4) is 0 Å². The molecule has 0 radical (unpaired) electrons. The van der Waals surface area contributed by atoms with Gasteiger partial charge in [-0.05, 0) is 48.6 Å². The Balaban J connectivity index is 1.55. The molecule has 0 bridgehead atoms. The molecule has 5 nitrogen and oxygen atoms in total. The van der Waals surface area contributed by atoms with Crippen LogP contribution in [0.4, 0.5) is 4.39 Å². The lowest BCUT2D eigenvalue weighted by molar-refractivity contribution is -0.122. The highest BCUT2D eigenvalue weighted by atomic mass is 19.1. The normalized spacial score (nSPS) is 15.6. The first kappa shape index (κ1) is 18.3. The highest BCUT2D eigenvalue weighted by molar-refractivity contribution is 5.79. The van der Waals surface area contributed by atoms with E-state index in [4.69, 9.17) is 0 Å². The van der Waals surface area contributed by atoms with Gasteiger partial charge in [0, 0.05) is 0 Å². The summed E-state index contributed by atoms with van der Waals surface area (Å²) < 4.78 is 14.6. The first-order valence-corrected chi connectivity index (χ1v) is 9.61. The summed E-state index contributed by atoms with van der Waals surface area (Å²) in [6, 6.07) is 13.2. The van der Waals surface area contributed by atoms with Gasteiger partial charge in [-0.2, -0.15) is 0 Å². The lowest BCUT2D eigenvalue weighted by Crippen LogP contribution is -2.37. The maximum atomic E-state index is 13.3. The Morgan fingerprint density at radius 2 is 1.86 bits per heavy atom. The van der Waals surface area contributed by atoms with Crippen molar-refractivity contribution in [3.05, 3.63) is 76.6 Å². The number of rotatable bonds is 5. The van der Waals surface area contributed by atoms with Crippen LogP contribution >= 0.6 is 0 Å². The Labute approximate surface area is 162 Å². The summed E-state index contributed by atoms with van der Waals surface area (Å²) in [7, 11) is 0. The molecule has 6 heteroatoms. The summed E-state index contributed by atoms with van der Waals surface area (Å²) in [5, 5.41) is 3.56. The molecule has 1 fully saturated rings. The fraction of sp³-hybridized carbons (Fsp3) is 0.318. The number of carbonyl (C=O) groups is 1. The minimum Gasteiger partial charge on any atom is -0.347 e. The molecule has 0 unspecified atom stereocenters. The molecule has 2 aromatic carbocycles. The molecule has 144 valence electrons. The molecule has 4 rings (SSSR count). The van der Waals surface area contributed by atoms with Gasteiger partial charge in [-0.25, -0.2) is 9.37 Å². The Morgan fingerprint density at radius 3 is 2.61 bits per heavy atom. The van der Waals surface area contributed by atoms with Gasteiger partial charge < -0.3 is 5.32 Å². The largest absolute Gasteiger partial charge is 0.347 e. The number of nitrogens with one attached hydrogen (secondary N) is 1. The third-order valence-electron chi connectivity index (χ3n) is 5.46. The van der Waals surface area contributed by atoms with Crippen LogP contribution in [0.25, 0.3) is 10.9 Å². The topological polar surface area (TPSA) is 64.0 Å². The van der Waals surface area contributed by atoms with Crippen LogP contribution in [0.5, 0.6) is 0 Å². The molecule has 3 aromatic rings. The van der Waals surface area contributed by atoms with Gasteiger partial charge >= 0.3 is 0 Å². The van der Waals surface area contributed by atoms with E-state index in [0.29, 0.717) is 16.8 Å². The molecule has 1 aliphatic rings. The van der Waals surface area contributed by atoms with Crippen molar-refractivity contribution in [3.63, 3.8) is 0 Å². The molecule has 1 saturated carbocycles. The Bertz CT molecular complexity index is 1040. The smallest absolute Gasteiger partial charge is 0.261 e. The Hall–Kier alpha value is -3.02. The van der Waals surface area contributed by atoms with Crippen molar-refractivity contribution < 1.29 is 9.18 Å². The van der Waals surface area contributed by atoms with Gasteiger partial charge in [-0.3, -0.25) is 14.2 Å². The predicted octanol–water partition coefficient (Wildman–Crippen LogP) is 3.58. The number of hydrogen-bond acceptors (Lipinski definition) is 3. The van der Waals surface area contributed by atoms with Gasteiger partial charge in [0.15, 0.2) is 0 Å². The number of hydrogen-bond donors (Lipinski definition) is 1. The van der Waals surface area contributed by atoms with E-state index >= 15 is 0 Å². The average molecular weight is 379 g/mol. The zero-order valence-corrected chi connectivity index (χ0v) is 15.5. The van der Waals surface area contributed by atoms with Crippen molar-refractivity contribution in [2.45, 2.75) is 38.3 Å². The first-order valence-electron chi connectivity index (χ1n) is 9.61. The summed E-state index contributed by atoms with van der Waals surface area (Å²) in [6.07, 6.45) is 5.73. The van der Waals surface area contributed by atoms with Crippen LogP contribution in [0.1, 0.15) is 37.3 Å². The second-order valence-electron chi connectivity index (χ2n) is 7.34. The van der Waals surface area contributed by atoms with E-state index in [-0.39, 0.29) is 29.9 Å². The molecule has 1 heterocycles. The third kappa shape index (κ3) is 3.81. The molecule has 1 amide bonds. The Kier molecular flexibility index (Phi) is 5.19. The SMILES string of the molecule is O=C(Cn1cnc2ccccc2c1=O)N[C@@H](c1ccc(F)cc1)C1CCCC1. The highest BCUT2D eigenvalue weighted by Crippen LogP contribution is 2.35. The molecule has 1 atom stereocenters. The quantitative estimate of drug-likeness (QED) is 0.737. The summed E-state index contributed by atoms with van der Waals surface area (Å²) in [5.41, 5.74) is 1.27. The molecule has 1 N–H and O–H groups in total. The number of fused-ring (bicyclic) bond motifs is 1. The van der Waals surface area contributed by atoms with E-state index in [1.807, 2.05) is 6.07 Å². The maximum Gasteiger partial charge on any atom is 0.261 e. The van der Waals surface area contributed by atoms with E-state index in [1.165, 1.54) is 23.0 Å². The molecule has 0 saturated heterocycles. The van der Waals surface area contributed by atoms with Gasteiger partial charge in [0.2, 0.25) is 5.91 Å². The van der Waals surface area contributed by atoms with Crippen molar-refractivity contribution in [1.82, 2.24) is 14.9 Å². The first-order chi connectivity index (χ1) is 13.6. The van der Waals surface area contributed by atoms with E-state index in [2.05, 4.69) is 10.3 Å². The molecular weight excluding hydrogens is 357 g/mol. The lowest BCUT2D eigenvalue weighted by Gasteiger charge is -2.25. The van der Waals surface area contributed by atoms with Gasteiger partial charge in [0.25, 0.3) is 5.56 Å². The molecule has 0 spiro atoms. The minimum absolute atomic E-state index is 0.0961.